The summed E-state index contributed by atoms with van der Waals surface area (Å²) < 4.78 is 12.9. The SMILES string of the molecule is CC(NCC(C)(O)c1ccsc1)c1ccc(F)cc1. The maximum absolute atomic E-state index is 12.9. The first-order valence-electron chi connectivity index (χ1n) is 6.23. The highest BCUT2D eigenvalue weighted by molar-refractivity contribution is 7.08. The number of thiophene rings is 1. The molecule has 0 amide bonds. The van der Waals surface area contributed by atoms with Crippen LogP contribution in [0, 0.1) is 5.82 Å². The van der Waals surface area contributed by atoms with Gasteiger partial charge in [-0.15, -0.1) is 0 Å². The third kappa shape index (κ3) is 3.62. The molecule has 2 N–H and O–H groups in total. The van der Waals surface area contributed by atoms with Crippen LogP contribution in [-0.4, -0.2) is 11.7 Å². The Kier molecular flexibility index (Phi) is 4.34. The second kappa shape index (κ2) is 5.82. The van der Waals surface area contributed by atoms with E-state index >= 15 is 0 Å². The molecular formula is C15H18FNOS. The van der Waals surface area contributed by atoms with Gasteiger partial charge in [-0.05, 0) is 53.9 Å². The van der Waals surface area contributed by atoms with Crippen LogP contribution in [0.5, 0.6) is 0 Å². The highest BCUT2D eigenvalue weighted by atomic mass is 32.1. The van der Waals surface area contributed by atoms with Gasteiger partial charge in [-0.3, -0.25) is 0 Å². The summed E-state index contributed by atoms with van der Waals surface area (Å²) >= 11 is 1.57. The summed E-state index contributed by atoms with van der Waals surface area (Å²) in [4.78, 5) is 0. The van der Waals surface area contributed by atoms with Crippen molar-refractivity contribution in [3.63, 3.8) is 0 Å². The van der Waals surface area contributed by atoms with E-state index in [9.17, 15) is 9.50 Å². The van der Waals surface area contributed by atoms with E-state index in [-0.39, 0.29) is 11.9 Å². The van der Waals surface area contributed by atoms with Crippen LogP contribution in [0.15, 0.2) is 41.1 Å². The van der Waals surface area contributed by atoms with Gasteiger partial charge in [-0.1, -0.05) is 12.1 Å². The van der Waals surface area contributed by atoms with Crippen molar-refractivity contribution in [2.24, 2.45) is 0 Å². The molecule has 2 aromatic rings. The third-order valence-electron chi connectivity index (χ3n) is 3.27. The fraction of sp³-hybridized carbons (Fsp3) is 0.333. The Hall–Kier alpha value is -1.23. The van der Waals surface area contributed by atoms with Gasteiger partial charge in [0.2, 0.25) is 0 Å². The average molecular weight is 279 g/mol. The Morgan fingerprint density at radius 2 is 2.00 bits per heavy atom. The minimum Gasteiger partial charge on any atom is -0.384 e. The van der Waals surface area contributed by atoms with Crippen molar-refractivity contribution in [3.8, 4) is 0 Å². The van der Waals surface area contributed by atoms with E-state index in [2.05, 4.69) is 5.32 Å². The molecule has 0 fully saturated rings. The molecule has 0 aliphatic carbocycles. The molecule has 4 heteroatoms. The topological polar surface area (TPSA) is 32.3 Å². The van der Waals surface area contributed by atoms with Crippen molar-refractivity contribution < 1.29 is 9.50 Å². The Morgan fingerprint density at radius 1 is 1.32 bits per heavy atom. The number of hydrogen-bond donors (Lipinski definition) is 2. The smallest absolute Gasteiger partial charge is 0.123 e. The van der Waals surface area contributed by atoms with E-state index in [4.69, 9.17) is 0 Å². The van der Waals surface area contributed by atoms with Crippen LogP contribution in [0.1, 0.15) is 31.0 Å². The van der Waals surface area contributed by atoms with Crippen LogP contribution in [-0.2, 0) is 5.60 Å². The van der Waals surface area contributed by atoms with Gasteiger partial charge >= 0.3 is 0 Å². The zero-order chi connectivity index (χ0) is 13.9. The van der Waals surface area contributed by atoms with Gasteiger partial charge in [0.05, 0.1) is 0 Å². The van der Waals surface area contributed by atoms with Gasteiger partial charge in [-0.2, -0.15) is 11.3 Å². The quantitative estimate of drug-likeness (QED) is 0.878. The predicted molar refractivity (Wildman–Crippen MR) is 76.7 cm³/mol. The lowest BCUT2D eigenvalue weighted by Crippen LogP contribution is -2.36. The fourth-order valence-electron chi connectivity index (χ4n) is 1.89. The average Bonchev–Trinajstić information content (AvgIpc) is 2.91. The molecule has 2 atom stereocenters. The summed E-state index contributed by atoms with van der Waals surface area (Å²) in [5.41, 5.74) is 1.02. The Labute approximate surface area is 116 Å². The van der Waals surface area contributed by atoms with Gasteiger partial charge in [0.25, 0.3) is 0 Å². The molecule has 0 radical (unpaired) electrons. The number of hydrogen-bond acceptors (Lipinski definition) is 3. The summed E-state index contributed by atoms with van der Waals surface area (Å²) in [5, 5.41) is 17.6. The molecule has 1 heterocycles. The van der Waals surface area contributed by atoms with Gasteiger partial charge < -0.3 is 10.4 Å². The molecule has 1 aromatic heterocycles. The third-order valence-corrected chi connectivity index (χ3v) is 3.95. The van der Waals surface area contributed by atoms with E-state index in [1.165, 1.54) is 12.1 Å². The Balaban J connectivity index is 1.97. The van der Waals surface area contributed by atoms with E-state index in [0.717, 1.165) is 11.1 Å². The van der Waals surface area contributed by atoms with E-state index < -0.39 is 5.60 Å². The first-order chi connectivity index (χ1) is 8.99. The number of rotatable bonds is 5. The van der Waals surface area contributed by atoms with E-state index in [1.807, 2.05) is 23.8 Å². The monoisotopic (exact) mass is 279 g/mol. The van der Waals surface area contributed by atoms with Crippen molar-refractivity contribution in [1.29, 1.82) is 0 Å². The minimum atomic E-state index is -0.895. The summed E-state index contributed by atoms with van der Waals surface area (Å²) in [6.45, 7) is 4.23. The number of aliphatic hydroxyl groups is 1. The maximum Gasteiger partial charge on any atom is 0.123 e. The highest BCUT2D eigenvalue weighted by Gasteiger charge is 2.24. The standard InChI is InChI=1S/C15H18FNOS/c1-11(12-3-5-14(16)6-4-12)17-10-15(2,18)13-7-8-19-9-13/h3-9,11,17-18H,10H2,1-2H3. The number of nitrogens with one attached hydrogen (secondary N) is 1. The molecule has 2 nitrogen and oxygen atoms in total. The van der Waals surface area contributed by atoms with Crippen molar-refractivity contribution in [2.45, 2.75) is 25.5 Å². The summed E-state index contributed by atoms with van der Waals surface area (Å²) in [5.74, 6) is -0.235. The van der Waals surface area contributed by atoms with Gasteiger partial charge in [0.15, 0.2) is 0 Å². The lowest BCUT2D eigenvalue weighted by molar-refractivity contribution is 0.0548. The number of halogens is 1. The molecule has 19 heavy (non-hydrogen) atoms. The second-order valence-electron chi connectivity index (χ2n) is 4.94. The normalized spacial score (nSPS) is 16.0. The van der Waals surface area contributed by atoms with Crippen LogP contribution in [0.2, 0.25) is 0 Å². The number of benzene rings is 1. The Morgan fingerprint density at radius 3 is 2.58 bits per heavy atom. The second-order valence-corrected chi connectivity index (χ2v) is 5.72. The van der Waals surface area contributed by atoms with Crippen molar-refractivity contribution in [3.05, 3.63) is 58.0 Å². The molecule has 2 rings (SSSR count). The van der Waals surface area contributed by atoms with Crippen LogP contribution in [0.3, 0.4) is 0 Å². The molecule has 2 unspecified atom stereocenters. The molecule has 102 valence electrons. The lowest BCUT2D eigenvalue weighted by atomic mass is 9.98. The Bertz CT molecular complexity index is 507. The van der Waals surface area contributed by atoms with Gasteiger partial charge in [0.1, 0.15) is 11.4 Å². The highest BCUT2D eigenvalue weighted by Crippen LogP contribution is 2.23. The maximum atomic E-state index is 12.9. The zero-order valence-electron chi connectivity index (χ0n) is 11.1. The fourth-order valence-corrected chi connectivity index (χ4v) is 2.68. The molecular weight excluding hydrogens is 261 g/mol. The molecule has 1 aromatic carbocycles. The molecule has 0 spiro atoms. The van der Waals surface area contributed by atoms with Crippen molar-refractivity contribution >= 4 is 11.3 Å². The molecule has 0 aliphatic rings. The lowest BCUT2D eigenvalue weighted by Gasteiger charge is -2.25. The molecule has 0 aliphatic heterocycles. The molecule has 0 saturated heterocycles. The van der Waals surface area contributed by atoms with Crippen LogP contribution >= 0.6 is 11.3 Å². The first-order valence-corrected chi connectivity index (χ1v) is 7.17. The van der Waals surface area contributed by atoms with E-state index in [0.29, 0.717) is 6.54 Å². The van der Waals surface area contributed by atoms with Crippen LogP contribution < -0.4 is 5.32 Å². The van der Waals surface area contributed by atoms with Crippen LogP contribution in [0.25, 0.3) is 0 Å². The summed E-state index contributed by atoms with van der Waals surface area (Å²) in [7, 11) is 0. The van der Waals surface area contributed by atoms with E-state index in [1.54, 1.807) is 30.4 Å². The largest absolute Gasteiger partial charge is 0.384 e. The van der Waals surface area contributed by atoms with Crippen molar-refractivity contribution in [2.75, 3.05) is 6.54 Å². The van der Waals surface area contributed by atoms with Gasteiger partial charge in [-0.25, -0.2) is 4.39 Å². The summed E-state index contributed by atoms with van der Waals surface area (Å²) in [6.07, 6.45) is 0. The zero-order valence-corrected chi connectivity index (χ0v) is 11.9. The summed E-state index contributed by atoms with van der Waals surface area (Å²) in [6, 6.07) is 8.40. The predicted octanol–water partition coefficient (Wildman–Crippen LogP) is 3.45. The van der Waals surface area contributed by atoms with Gasteiger partial charge in [0, 0.05) is 12.6 Å². The molecule has 0 bridgehead atoms. The van der Waals surface area contributed by atoms with Crippen molar-refractivity contribution in [1.82, 2.24) is 5.32 Å². The van der Waals surface area contributed by atoms with Crippen LogP contribution in [0.4, 0.5) is 4.39 Å². The first kappa shape index (κ1) is 14.2. The molecule has 0 saturated carbocycles. The minimum absolute atomic E-state index is 0.0608.